The monoisotopic (exact) mass is 214 g/mol. The van der Waals surface area contributed by atoms with Crippen LogP contribution in [-0.4, -0.2) is 4.98 Å². The van der Waals surface area contributed by atoms with Crippen LogP contribution < -0.4 is 10.5 Å². The van der Waals surface area contributed by atoms with Crippen LogP contribution in [0.2, 0.25) is 0 Å². The molecule has 2 aromatic rings. The Morgan fingerprint density at radius 1 is 1.12 bits per heavy atom. The van der Waals surface area contributed by atoms with Crippen LogP contribution in [0.15, 0.2) is 42.7 Å². The molecule has 2 N–H and O–H groups in total. The number of hydrogen-bond acceptors (Lipinski definition) is 3. The second-order valence-electron chi connectivity index (χ2n) is 3.65. The van der Waals surface area contributed by atoms with Gasteiger partial charge in [0.15, 0.2) is 0 Å². The standard InChI is InChI=1S/C13H14N2O/c1-10-2-4-12(5-3-10)16-13-6-11(7-14)8-15-9-13/h2-6,8-9H,7,14H2,1H3. The highest BCUT2D eigenvalue weighted by molar-refractivity contribution is 5.32. The molecule has 0 atom stereocenters. The van der Waals surface area contributed by atoms with E-state index in [2.05, 4.69) is 4.98 Å². The van der Waals surface area contributed by atoms with E-state index in [-0.39, 0.29) is 0 Å². The van der Waals surface area contributed by atoms with Crippen molar-refractivity contribution in [3.8, 4) is 11.5 Å². The molecule has 3 nitrogen and oxygen atoms in total. The Balaban J connectivity index is 2.16. The molecule has 3 heteroatoms. The van der Waals surface area contributed by atoms with Crippen molar-refractivity contribution in [3.63, 3.8) is 0 Å². The van der Waals surface area contributed by atoms with E-state index in [1.807, 2.05) is 37.3 Å². The minimum atomic E-state index is 0.470. The number of nitrogens with two attached hydrogens (primary N) is 1. The third-order valence-electron chi connectivity index (χ3n) is 2.26. The molecule has 0 saturated carbocycles. The van der Waals surface area contributed by atoms with Gasteiger partial charge in [0, 0.05) is 12.7 Å². The first kappa shape index (κ1) is 10.6. The summed E-state index contributed by atoms with van der Waals surface area (Å²) < 4.78 is 5.66. The third-order valence-corrected chi connectivity index (χ3v) is 2.26. The highest BCUT2D eigenvalue weighted by Crippen LogP contribution is 2.21. The molecule has 0 aliphatic heterocycles. The maximum Gasteiger partial charge on any atom is 0.146 e. The highest BCUT2D eigenvalue weighted by Gasteiger charge is 1.98. The van der Waals surface area contributed by atoms with Crippen molar-refractivity contribution in [3.05, 3.63) is 53.9 Å². The molecule has 0 fully saturated rings. The molecular weight excluding hydrogens is 200 g/mol. The fraction of sp³-hybridized carbons (Fsp3) is 0.154. The molecule has 0 aliphatic carbocycles. The van der Waals surface area contributed by atoms with Gasteiger partial charge in [-0.15, -0.1) is 0 Å². The molecule has 0 amide bonds. The zero-order valence-corrected chi connectivity index (χ0v) is 9.18. The summed E-state index contributed by atoms with van der Waals surface area (Å²) in [5, 5.41) is 0. The van der Waals surface area contributed by atoms with Gasteiger partial charge in [0.2, 0.25) is 0 Å². The summed E-state index contributed by atoms with van der Waals surface area (Å²) in [6.45, 7) is 2.51. The highest BCUT2D eigenvalue weighted by atomic mass is 16.5. The summed E-state index contributed by atoms with van der Waals surface area (Å²) in [6, 6.07) is 9.78. The number of rotatable bonds is 3. The second kappa shape index (κ2) is 4.77. The van der Waals surface area contributed by atoms with E-state index in [1.54, 1.807) is 12.4 Å². The molecule has 1 aromatic heterocycles. The summed E-state index contributed by atoms with van der Waals surface area (Å²) in [5.41, 5.74) is 7.71. The van der Waals surface area contributed by atoms with Crippen LogP contribution in [0.25, 0.3) is 0 Å². The van der Waals surface area contributed by atoms with Gasteiger partial charge in [0.1, 0.15) is 11.5 Å². The molecule has 0 bridgehead atoms. The summed E-state index contributed by atoms with van der Waals surface area (Å²) >= 11 is 0. The van der Waals surface area contributed by atoms with Crippen molar-refractivity contribution in [2.45, 2.75) is 13.5 Å². The van der Waals surface area contributed by atoms with Crippen LogP contribution in [0.4, 0.5) is 0 Å². The summed E-state index contributed by atoms with van der Waals surface area (Å²) in [5.74, 6) is 1.52. The molecule has 0 aliphatic rings. The predicted octanol–water partition coefficient (Wildman–Crippen LogP) is 2.64. The van der Waals surface area contributed by atoms with Crippen molar-refractivity contribution in [1.29, 1.82) is 0 Å². The van der Waals surface area contributed by atoms with Gasteiger partial charge >= 0.3 is 0 Å². The maximum atomic E-state index is 5.66. The van der Waals surface area contributed by atoms with Crippen LogP contribution in [0, 0.1) is 6.92 Å². The number of aromatic nitrogens is 1. The zero-order chi connectivity index (χ0) is 11.4. The van der Waals surface area contributed by atoms with E-state index >= 15 is 0 Å². The van der Waals surface area contributed by atoms with Crippen LogP contribution in [0.5, 0.6) is 11.5 Å². The molecule has 0 radical (unpaired) electrons. The van der Waals surface area contributed by atoms with Crippen molar-refractivity contribution in [1.82, 2.24) is 4.98 Å². The Morgan fingerprint density at radius 3 is 2.56 bits per heavy atom. The van der Waals surface area contributed by atoms with E-state index in [9.17, 15) is 0 Å². The summed E-state index contributed by atoms with van der Waals surface area (Å²) in [7, 11) is 0. The van der Waals surface area contributed by atoms with E-state index in [0.717, 1.165) is 11.3 Å². The van der Waals surface area contributed by atoms with Crippen LogP contribution in [0.3, 0.4) is 0 Å². The summed E-state index contributed by atoms with van der Waals surface area (Å²) in [6.07, 6.45) is 3.42. The van der Waals surface area contributed by atoms with Crippen LogP contribution >= 0.6 is 0 Å². The number of benzene rings is 1. The number of aryl methyl sites for hydroxylation is 1. The lowest BCUT2D eigenvalue weighted by Crippen LogP contribution is -1.97. The Kier molecular flexibility index (Phi) is 3.17. The number of nitrogens with zero attached hydrogens (tertiary/aromatic N) is 1. The van der Waals surface area contributed by atoms with Gasteiger partial charge in [0.25, 0.3) is 0 Å². The van der Waals surface area contributed by atoms with E-state index in [4.69, 9.17) is 10.5 Å². The van der Waals surface area contributed by atoms with Crippen LogP contribution in [-0.2, 0) is 6.54 Å². The lowest BCUT2D eigenvalue weighted by molar-refractivity contribution is 0.479. The minimum Gasteiger partial charge on any atom is -0.456 e. The van der Waals surface area contributed by atoms with Gasteiger partial charge in [-0.2, -0.15) is 0 Å². The van der Waals surface area contributed by atoms with Crippen molar-refractivity contribution in [2.75, 3.05) is 0 Å². The van der Waals surface area contributed by atoms with Crippen molar-refractivity contribution in [2.24, 2.45) is 5.73 Å². The first-order valence-electron chi connectivity index (χ1n) is 5.16. The van der Waals surface area contributed by atoms with Gasteiger partial charge in [0.05, 0.1) is 6.20 Å². The molecule has 0 saturated heterocycles. The predicted molar refractivity (Wildman–Crippen MR) is 63.4 cm³/mol. The van der Waals surface area contributed by atoms with Crippen molar-refractivity contribution >= 4 is 0 Å². The fourth-order valence-corrected chi connectivity index (χ4v) is 1.37. The lowest BCUT2D eigenvalue weighted by atomic mass is 10.2. The number of pyridine rings is 1. The number of hydrogen-bond donors (Lipinski definition) is 1. The SMILES string of the molecule is Cc1ccc(Oc2cncc(CN)c2)cc1. The molecule has 16 heavy (non-hydrogen) atoms. The van der Waals surface area contributed by atoms with Gasteiger partial charge in [-0.05, 0) is 30.7 Å². The van der Waals surface area contributed by atoms with Gasteiger partial charge in [-0.1, -0.05) is 17.7 Å². The Labute approximate surface area is 94.9 Å². The first-order valence-corrected chi connectivity index (χ1v) is 5.16. The smallest absolute Gasteiger partial charge is 0.146 e. The average molecular weight is 214 g/mol. The minimum absolute atomic E-state index is 0.470. The maximum absolute atomic E-state index is 5.66. The zero-order valence-electron chi connectivity index (χ0n) is 9.18. The van der Waals surface area contributed by atoms with E-state index in [1.165, 1.54) is 5.56 Å². The molecule has 1 heterocycles. The lowest BCUT2D eigenvalue weighted by Gasteiger charge is -2.06. The largest absolute Gasteiger partial charge is 0.456 e. The Bertz CT molecular complexity index is 466. The van der Waals surface area contributed by atoms with Crippen LogP contribution in [0.1, 0.15) is 11.1 Å². The fourth-order valence-electron chi connectivity index (χ4n) is 1.37. The van der Waals surface area contributed by atoms with Gasteiger partial charge < -0.3 is 10.5 Å². The van der Waals surface area contributed by atoms with E-state index < -0.39 is 0 Å². The molecule has 2 rings (SSSR count). The van der Waals surface area contributed by atoms with Gasteiger partial charge in [-0.3, -0.25) is 4.98 Å². The molecule has 1 aromatic carbocycles. The Hall–Kier alpha value is -1.87. The average Bonchev–Trinajstić information content (AvgIpc) is 2.32. The molecular formula is C13H14N2O. The normalized spacial score (nSPS) is 10.1. The number of ether oxygens (including phenoxy) is 1. The third kappa shape index (κ3) is 2.58. The van der Waals surface area contributed by atoms with E-state index in [0.29, 0.717) is 12.3 Å². The second-order valence-corrected chi connectivity index (χ2v) is 3.65. The quantitative estimate of drug-likeness (QED) is 0.854. The topological polar surface area (TPSA) is 48.1 Å². The summed E-state index contributed by atoms with van der Waals surface area (Å²) in [4.78, 5) is 4.06. The molecule has 82 valence electrons. The van der Waals surface area contributed by atoms with Gasteiger partial charge in [-0.25, -0.2) is 0 Å². The van der Waals surface area contributed by atoms with Crippen molar-refractivity contribution < 1.29 is 4.74 Å². The Morgan fingerprint density at radius 2 is 1.88 bits per heavy atom. The molecule has 0 unspecified atom stereocenters. The first-order chi connectivity index (χ1) is 7.78. The molecule has 0 spiro atoms.